The van der Waals surface area contributed by atoms with Gasteiger partial charge >= 0.3 is 5.97 Å². The standard InChI is InChI=1S/C30H38N6O3.ClH/c1-3-39-26(37)14-11-22-6-4-5-17-36(22)29(38)30(15-16-30)23-12-13-24-27(19(23)2)35-25(34-24)18-33-21-9-7-20(8-10-21)28(31)32;/h7-10,12-13,22,33H,3-6,11,14-18H2,1-2H3,(H3,31,32)(H,34,35);1H. The van der Waals surface area contributed by atoms with Crippen LogP contribution in [0.15, 0.2) is 36.4 Å². The number of H-pyrrole nitrogens is 1. The number of aromatic nitrogens is 2. The summed E-state index contributed by atoms with van der Waals surface area (Å²) in [5.74, 6) is 0.872. The summed E-state index contributed by atoms with van der Waals surface area (Å²) >= 11 is 0. The van der Waals surface area contributed by atoms with Crippen LogP contribution in [0.3, 0.4) is 0 Å². The van der Waals surface area contributed by atoms with Crippen molar-refractivity contribution >= 4 is 46.8 Å². The van der Waals surface area contributed by atoms with Crippen molar-refractivity contribution in [2.24, 2.45) is 5.73 Å². The number of carbonyl (C=O) groups is 2. The lowest BCUT2D eigenvalue weighted by Gasteiger charge is -2.38. The lowest BCUT2D eigenvalue weighted by molar-refractivity contribution is -0.145. The van der Waals surface area contributed by atoms with Crippen molar-refractivity contribution in [2.45, 2.75) is 76.8 Å². The summed E-state index contributed by atoms with van der Waals surface area (Å²) in [7, 11) is 0. The molecule has 1 saturated carbocycles. The van der Waals surface area contributed by atoms with Gasteiger partial charge in [-0.05, 0) is 93.8 Å². The van der Waals surface area contributed by atoms with E-state index in [0.717, 1.165) is 72.3 Å². The molecule has 1 aliphatic carbocycles. The average molecular weight is 567 g/mol. The normalized spacial score (nSPS) is 17.6. The first kappa shape index (κ1) is 29.4. The number of aromatic amines is 1. The van der Waals surface area contributed by atoms with Gasteiger partial charge in [-0.15, -0.1) is 12.4 Å². The predicted molar refractivity (Wildman–Crippen MR) is 159 cm³/mol. The number of ether oxygens (including phenoxy) is 1. The summed E-state index contributed by atoms with van der Waals surface area (Å²) in [4.78, 5) is 36.3. The van der Waals surface area contributed by atoms with E-state index in [1.807, 2.05) is 37.3 Å². The Balaban J connectivity index is 0.00000370. The highest BCUT2D eigenvalue weighted by Gasteiger charge is 2.54. The quantitative estimate of drug-likeness (QED) is 0.156. The van der Waals surface area contributed by atoms with Gasteiger partial charge in [-0.1, -0.05) is 6.07 Å². The molecule has 1 atom stereocenters. The third-order valence-corrected chi connectivity index (χ3v) is 8.16. The number of nitrogens with one attached hydrogen (secondary N) is 3. The summed E-state index contributed by atoms with van der Waals surface area (Å²) in [5, 5.41) is 10.9. The number of amidine groups is 1. The summed E-state index contributed by atoms with van der Waals surface area (Å²) in [6.07, 6.45) is 5.72. The van der Waals surface area contributed by atoms with Crippen LogP contribution < -0.4 is 11.1 Å². The Morgan fingerprint density at radius 3 is 2.62 bits per heavy atom. The minimum Gasteiger partial charge on any atom is -0.466 e. The number of amides is 1. The second-order valence-corrected chi connectivity index (χ2v) is 10.7. The Labute approximate surface area is 241 Å². The maximum absolute atomic E-state index is 14.0. The number of fused-ring (bicyclic) bond motifs is 1. The number of benzene rings is 2. The van der Waals surface area contributed by atoms with Crippen molar-refractivity contribution in [2.75, 3.05) is 18.5 Å². The lowest BCUT2D eigenvalue weighted by Crippen LogP contribution is -2.48. The summed E-state index contributed by atoms with van der Waals surface area (Å²) in [6, 6.07) is 11.6. The van der Waals surface area contributed by atoms with Crippen LogP contribution in [0.2, 0.25) is 0 Å². The number of nitrogens with zero attached hydrogens (tertiary/aromatic N) is 2. The highest BCUT2D eigenvalue weighted by Crippen LogP contribution is 2.52. The summed E-state index contributed by atoms with van der Waals surface area (Å²) in [5.41, 5.74) is 10.6. The smallest absolute Gasteiger partial charge is 0.305 e. The van der Waals surface area contributed by atoms with Gasteiger partial charge in [0.05, 0.1) is 29.6 Å². The zero-order valence-corrected chi connectivity index (χ0v) is 24.0. The first-order chi connectivity index (χ1) is 18.8. The molecular formula is C30H39ClN6O3. The molecule has 214 valence electrons. The van der Waals surface area contributed by atoms with Crippen molar-refractivity contribution in [1.29, 1.82) is 5.41 Å². The fraction of sp³-hybridized carbons (Fsp3) is 0.467. The minimum absolute atomic E-state index is 0. The highest BCUT2D eigenvalue weighted by atomic mass is 35.5. The number of halogens is 1. The number of piperidine rings is 1. The molecule has 2 heterocycles. The number of esters is 1. The number of rotatable bonds is 10. The molecule has 1 aromatic heterocycles. The molecule has 0 bridgehead atoms. The molecule has 0 spiro atoms. The highest BCUT2D eigenvalue weighted by molar-refractivity contribution is 5.95. The van der Waals surface area contributed by atoms with Gasteiger partial charge in [-0.25, -0.2) is 4.98 Å². The van der Waals surface area contributed by atoms with Gasteiger partial charge in [0.2, 0.25) is 5.91 Å². The SMILES string of the molecule is CCOC(=O)CCC1CCCCN1C(=O)C1(c2ccc3[nH]c(CNc4ccc(C(=N)N)cc4)nc3c2C)CC1.Cl. The van der Waals surface area contributed by atoms with Gasteiger partial charge in [0, 0.05) is 30.3 Å². The van der Waals surface area contributed by atoms with Crippen molar-refractivity contribution in [3.05, 3.63) is 58.9 Å². The van der Waals surface area contributed by atoms with Crippen molar-refractivity contribution in [1.82, 2.24) is 14.9 Å². The Hall–Kier alpha value is -3.59. The van der Waals surface area contributed by atoms with Gasteiger partial charge in [-0.2, -0.15) is 0 Å². The third kappa shape index (κ3) is 5.94. The van der Waals surface area contributed by atoms with E-state index in [4.69, 9.17) is 20.9 Å². The number of aryl methyl sites for hydroxylation is 1. The Morgan fingerprint density at radius 2 is 1.95 bits per heavy atom. The molecule has 2 fully saturated rings. The molecule has 40 heavy (non-hydrogen) atoms. The molecule has 10 heteroatoms. The van der Waals surface area contributed by atoms with E-state index in [0.29, 0.717) is 31.6 Å². The monoisotopic (exact) mass is 566 g/mol. The molecule has 5 N–H and O–H groups in total. The maximum atomic E-state index is 14.0. The molecule has 0 radical (unpaired) electrons. The molecule has 1 amide bonds. The van der Waals surface area contributed by atoms with Crippen LogP contribution in [0.25, 0.3) is 11.0 Å². The van der Waals surface area contributed by atoms with Crippen LogP contribution in [0.5, 0.6) is 0 Å². The molecule has 2 aliphatic rings. The van der Waals surface area contributed by atoms with E-state index in [1.54, 1.807) is 0 Å². The number of carbonyl (C=O) groups excluding carboxylic acids is 2. The number of anilines is 1. The van der Waals surface area contributed by atoms with E-state index in [2.05, 4.69) is 28.2 Å². The fourth-order valence-corrected chi connectivity index (χ4v) is 5.90. The number of imidazole rings is 1. The number of nitrogen functional groups attached to an aromatic ring is 1. The third-order valence-electron chi connectivity index (χ3n) is 8.16. The van der Waals surface area contributed by atoms with Crippen LogP contribution in [-0.4, -0.2) is 51.8 Å². The van der Waals surface area contributed by atoms with Gasteiger partial charge < -0.3 is 25.7 Å². The molecule has 9 nitrogen and oxygen atoms in total. The first-order valence-corrected chi connectivity index (χ1v) is 14.0. The van der Waals surface area contributed by atoms with Gasteiger partial charge in [0.1, 0.15) is 11.7 Å². The van der Waals surface area contributed by atoms with Crippen LogP contribution >= 0.6 is 12.4 Å². The zero-order chi connectivity index (χ0) is 27.6. The minimum atomic E-state index is -0.492. The van der Waals surface area contributed by atoms with E-state index in [9.17, 15) is 9.59 Å². The fourth-order valence-electron chi connectivity index (χ4n) is 5.90. The largest absolute Gasteiger partial charge is 0.466 e. The van der Waals surface area contributed by atoms with E-state index in [1.165, 1.54) is 0 Å². The maximum Gasteiger partial charge on any atom is 0.305 e. The molecule has 5 rings (SSSR count). The topological polar surface area (TPSA) is 137 Å². The van der Waals surface area contributed by atoms with Gasteiger partial charge in [0.25, 0.3) is 0 Å². The van der Waals surface area contributed by atoms with Crippen molar-refractivity contribution in [3.8, 4) is 0 Å². The number of hydrogen-bond donors (Lipinski definition) is 4. The lowest BCUT2D eigenvalue weighted by atomic mass is 9.87. The van der Waals surface area contributed by atoms with Crippen LogP contribution in [0.4, 0.5) is 5.69 Å². The van der Waals surface area contributed by atoms with Crippen LogP contribution in [-0.2, 0) is 26.3 Å². The summed E-state index contributed by atoms with van der Waals surface area (Å²) in [6.45, 7) is 5.54. The second kappa shape index (κ2) is 12.3. The van der Waals surface area contributed by atoms with Crippen molar-refractivity contribution in [3.63, 3.8) is 0 Å². The van der Waals surface area contributed by atoms with Crippen LogP contribution in [0.1, 0.15) is 74.4 Å². The van der Waals surface area contributed by atoms with E-state index >= 15 is 0 Å². The number of nitrogens with two attached hydrogens (primary N) is 1. The zero-order valence-electron chi connectivity index (χ0n) is 23.2. The average Bonchev–Trinajstić information content (AvgIpc) is 3.63. The summed E-state index contributed by atoms with van der Waals surface area (Å²) < 4.78 is 5.12. The van der Waals surface area contributed by atoms with E-state index in [-0.39, 0.29) is 36.2 Å². The van der Waals surface area contributed by atoms with Gasteiger partial charge in [-0.3, -0.25) is 15.0 Å². The molecule has 1 unspecified atom stereocenters. The van der Waals surface area contributed by atoms with Crippen LogP contribution in [0, 0.1) is 12.3 Å². The Morgan fingerprint density at radius 1 is 1.20 bits per heavy atom. The molecule has 1 aliphatic heterocycles. The van der Waals surface area contributed by atoms with Crippen molar-refractivity contribution < 1.29 is 14.3 Å². The molecule has 3 aromatic rings. The molecule has 1 saturated heterocycles. The van der Waals surface area contributed by atoms with Gasteiger partial charge in [0.15, 0.2) is 0 Å². The Kier molecular flexibility index (Phi) is 9.03. The number of hydrogen-bond acceptors (Lipinski definition) is 6. The van der Waals surface area contributed by atoms with E-state index < -0.39 is 5.41 Å². The second-order valence-electron chi connectivity index (χ2n) is 10.7. The first-order valence-electron chi connectivity index (χ1n) is 14.0. The Bertz CT molecular complexity index is 1380. The number of likely N-dealkylation sites (tertiary alicyclic amines) is 1. The predicted octanol–water partition coefficient (Wildman–Crippen LogP) is 4.95. The molecule has 2 aromatic carbocycles. The molecular weight excluding hydrogens is 528 g/mol.